The molecule has 2 aromatic rings. The summed E-state index contributed by atoms with van der Waals surface area (Å²) in [4.78, 5) is 29.1. The van der Waals surface area contributed by atoms with Gasteiger partial charge in [0, 0.05) is 44.5 Å². The molecule has 28 heavy (non-hydrogen) atoms. The number of ether oxygens (including phenoxy) is 1. The summed E-state index contributed by atoms with van der Waals surface area (Å²) in [5.74, 6) is -0.682. The van der Waals surface area contributed by atoms with Crippen molar-refractivity contribution in [2.24, 2.45) is 7.05 Å². The van der Waals surface area contributed by atoms with E-state index in [4.69, 9.17) is 4.74 Å². The molecule has 0 aliphatic carbocycles. The highest BCUT2D eigenvalue weighted by Crippen LogP contribution is 2.24. The van der Waals surface area contributed by atoms with Crippen LogP contribution in [-0.2, 0) is 11.8 Å². The number of carbonyl (C=O) groups is 2. The molecule has 6 nitrogen and oxygen atoms in total. The Labute approximate surface area is 164 Å². The lowest BCUT2D eigenvalue weighted by atomic mass is 10.0. The summed E-state index contributed by atoms with van der Waals surface area (Å²) in [6.45, 7) is 6.56. The highest BCUT2D eigenvalue weighted by atomic mass is 19.1. The smallest absolute Gasteiger partial charge is 0.354 e. The second kappa shape index (κ2) is 8.14. The van der Waals surface area contributed by atoms with Gasteiger partial charge in [-0.3, -0.25) is 9.69 Å². The van der Waals surface area contributed by atoms with Crippen LogP contribution < -0.4 is 4.90 Å². The third kappa shape index (κ3) is 3.67. The summed E-state index contributed by atoms with van der Waals surface area (Å²) in [5.41, 5.74) is 3.01. The topological polar surface area (TPSA) is 54.8 Å². The van der Waals surface area contributed by atoms with Gasteiger partial charge in [-0.05, 0) is 31.5 Å². The van der Waals surface area contributed by atoms with Crippen molar-refractivity contribution in [3.05, 3.63) is 52.6 Å². The molecule has 1 aliphatic rings. The van der Waals surface area contributed by atoms with E-state index in [2.05, 4.69) is 4.90 Å². The number of halogens is 1. The minimum atomic E-state index is -0.444. The molecule has 0 saturated carbocycles. The third-order valence-electron chi connectivity index (χ3n) is 5.52. The van der Waals surface area contributed by atoms with Crippen LogP contribution in [0, 0.1) is 19.7 Å². The number of esters is 1. The van der Waals surface area contributed by atoms with Crippen LogP contribution in [0.1, 0.15) is 32.1 Å². The Balaban J connectivity index is 1.69. The van der Waals surface area contributed by atoms with Gasteiger partial charge in [0.15, 0.2) is 5.78 Å². The van der Waals surface area contributed by atoms with Crippen molar-refractivity contribution >= 4 is 17.4 Å². The molecule has 0 amide bonds. The number of Topliss-reactive ketones (excluding diaryl/α,β-unsaturated/α-hetero) is 1. The number of carbonyl (C=O) groups excluding carboxylic acids is 2. The second-order valence-electron chi connectivity index (χ2n) is 7.12. The molecule has 0 bridgehead atoms. The molecule has 7 heteroatoms. The van der Waals surface area contributed by atoms with E-state index >= 15 is 0 Å². The van der Waals surface area contributed by atoms with E-state index < -0.39 is 5.97 Å². The van der Waals surface area contributed by atoms with Crippen LogP contribution in [0.3, 0.4) is 0 Å². The Morgan fingerprint density at radius 1 is 1.11 bits per heavy atom. The number of hydrogen-bond donors (Lipinski definition) is 0. The lowest BCUT2D eigenvalue weighted by molar-refractivity contribution is 0.0588. The van der Waals surface area contributed by atoms with Gasteiger partial charge >= 0.3 is 5.97 Å². The summed E-state index contributed by atoms with van der Waals surface area (Å²) in [6, 6.07) is 6.75. The normalized spacial score (nSPS) is 15.0. The molecule has 1 aromatic carbocycles. The average Bonchev–Trinajstić information content (AvgIpc) is 2.91. The zero-order valence-corrected chi connectivity index (χ0v) is 16.8. The second-order valence-corrected chi connectivity index (χ2v) is 7.12. The molecule has 0 N–H and O–H groups in total. The molecule has 0 atom stereocenters. The first-order valence-corrected chi connectivity index (χ1v) is 9.34. The van der Waals surface area contributed by atoms with Crippen molar-refractivity contribution < 1.29 is 18.7 Å². The molecular weight excluding hydrogens is 361 g/mol. The van der Waals surface area contributed by atoms with Gasteiger partial charge < -0.3 is 14.2 Å². The molecule has 2 heterocycles. The van der Waals surface area contributed by atoms with Crippen molar-refractivity contribution in [1.29, 1.82) is 0 Å². The predicted octanol–water partition coefficient (Wildman–Crippen LogP) is 2.57. The van der Waals surface area contributed by atoms with E-state index in [1.165, 1.54) is 13.2 Å². The number of ketones is 1. The number of benzene rings is 1. The molecule has 3 rings (SSSR count). The molecule has 150 valence electrons. The Morgan fingerprint density at radius 2 is 1.75 bits per heavy atom. The van der Waals surface area contributed by atoms with Crippen LogP contribution in [0.25, 0.3) is 0 Å². The van der Waals surface area contributed by atoms with Gasteiger partial charge in [0.2, 0.25) is 0 Å². The Hall–Kier alpha value is -2.67. The maximum atomic E-state index is 14.0. The van der Waals surface area contributed by atoms with Crippen LogP contribution in [0.2, 0.25) is 0 Å². The van der Waals surface area contributed by atoms with E-state index in [-0.39, 0.29) is 18.1 Å². The van der Waals surface area contributed by atoms with Crippen molar-refractivity contribution in [1.82, 2.24) is 9.47 Å². The van der Waals surface area contributed by atoms with Crippen molar-refractivity contribution in [2.75, 3.05) is 44.7 Å². The number of aromatic nitrogens is 1. The largest absolute Gasteiger partial charge is 0.464 e. The van der Waals surface area contributed by atoms with Crippen LogP contribution in [-0.4, -0.2) is 61.1 Å². The lowest BCUT2D eigenvalue weighted by Crippen LogP contribution is -2.48. The zero-order chi connectivity index (χ0) is 20.4. The third-order valence-corrected chi connectivity index (χ3v) is 5.52. The quantitative estimate of drug-likeness (QED) is 0.583. The fourth-order valence-electron chi connectivity index (χ4n) is 3.91. The van der Waals surface area contributed by atoms with E-state index in [1.54, 1.807) is 30.7 Å². The molecule has 0 unspecified atom stereocenters. The molecule has 0 radical (unpaired) electrons. The van der Waals surface area contributed by atoms with Crippen LogP contribution in [0.5, 0.6) is 0 Å². The summed E-state index contributed by atoms with van der Waals surface area (Å²) in [7, 11) is 3.10. The molecule has 0 spiro atoms. The fourth-order valence-corrected chi connectivity index (χ4v) is 3.91. The van der Waals surface area contributed by atoms with Gasteiger partial charge in [0.1, 0.15) is 11.5 Å². The minimum Gasteiger partial charge on any atom is -0.464 e. The van der Waals surface area contributed by atoms with Crippen molar-refractivity contribution in [3.8, 4) is 0 Å². The number of methoxy groups -OCH3 is 1. The van der Waals surface area contributed by atoms with Crippen LogP contribution >= 0.6 is 0 Å². The Morgan fingerprint density at radius 3 is 2.36 bits per heavy atom. The summed E-state index contributed by atoms with van der Waals surface area (Å²) < 4.78 is 20.5. The molecule has 1 fully saturated rings. The maximum Gasteiger partial charge on any atom is 0.354 e. The predicted molar refractivity (Wildman–Crippen MR) is 106 cm³/mol. The summed E-state index contributed by atoms with van der Waals surface area (Å²) >= 11 is 0. The molecule has 1 aromatic heterocycles. The van der Waals surface area contributed by atoms with Crippen molar-refractivity contribution in [3.63, 3.8) is 0 Å². The summed E-state index contributed by atoms with van der Waals surface area (Å²) in [5, 5.41) is 0. The molecule has 1 aliphatic heterocycles. The number of hydrogen-bond acceptors (Lipinski definition) is 5. The van der Waals surface area contributed by atoms with E-state index in [9.17, 15) is 14.0 Å². The minimum absolute atomic E-state index is 0.0138. The average molecular weight is 387 g/mol. The van der Waals surface area contributed by atoms with Crippen LogP contribution in [0.4, 0.5) is 10.1 Å². The molecular formula is C21H26FN3O3. The Kier molecular flexibility index (Phi) is 5.84. The summed E-state index contributed by atoms with van der Waals surface area (Å²) in [6.07, 6.45) is 0. The number of piperazine rings is 1. The van der Waals surface area contributed by atoms with E-state index in [1.807, 2.05) is 17.9 Å². The number of para-hydroxylation sites is 1. The van der Waals surface area contributed by atoms with E-state index in [0.29, 0.717) is 48.7 Å². The highest BCUT2D eigenvalue weighted by Gasteiger charge is 2.27. The van der Waals surface area contributed by atoms with Gasteiger partial charge in [0.05, 0.1) is 19.3 Å². The van der Waals surface area contributed by atoms with Gasteiger partial charge in [-0.15, -0.1) is 0 Å². The fraction of sp³-hybridized carbons (Fsp3) is 0.429. The van der Waals surface area contributed by atoms with Gasteiger partial charge in [-0.1, -0.05) is 12.1 Å². The Bertz CT molecular complexity index is 899. The van der Waals surface area contributed by atoms with Crippen LogP contribution in [0.15, 0.2) is 24.3 Å². The number of rotatable bonds is 5. The first kappa shape index (κ1) is 20.1. The number of anilines is 1. The maximum absolute atomic E-state index is 14.0. The lowest BCUT2D eigenvalue weighted by Gasteiger charge is -2.35. The van der Waals surface area contributed by atoms with E-state index in [0.717, 1.165) is 5.69 Å². The first-order valence-electron chi connectivity index (χ1n) is 9.34. The SMILES string of the molecule is COC(=O)c1c(C)c(C(=O)CN2CCN(c3ccccc3F)CC2)c(C)n1C. The monoisotopic (exact) mass is 387 g/mol. The highest BCUT2D eigenvalue weighted by molar-refractivity contribution is 6.03. The first-order chi connectivity index (χ1) is 13.3. The van der Waals surface area contributed by atoms with Gasteiger partial charge in [0.25, 0.3) is 0 Å². The zero-order valence-electron chi connectivity index (χ0n) is 16.8. The van der Waals surface area contributed by atoms with Gasteiger partial charge in [-0.2, -0.15) is 0 Å². The molecule has 1 saturated heterocycles. The standard InChI is InChI=1S/C21H26FN3O3/c1-14-19(15(2)23(3)20(14)21(27)28-4)18(26)13-24-9-11-25(12-10-24)17-8-6-5-7-16(17)22/h5-8H,9-13H2,1-4H3. The van der Waals surface area contributed by atoms with Crippen molar-refractivity contribution in [2.45, 2.75) is 13.8 Å². The van der Waals surface area contributed by atoms with Gasteiger partial charge in [-0.25, -0.2) is 9.18 Å². The number of nitrogens with zero attached hydrogens (tertiary/aromatic N) is 3.